The second-order valence-electron chi connectivity index (χ2n) is 5.76. The summed E-state index contributed by atoms with van der Waals surface area (Å²) in [5.41, 5.74) is 1.81. The number of rotatable bonds is 5. The third-order valence-electron chi connectivity index (χ3n) is 3.90. The van der Waals surface area contributed by atoms with Crippen LogP contribution in [-0.2, 0) is 11.2 Å². The lowest BCUT2D eigenvalue weighted by Gasteiger charge is -2.12. The van der Waals surface area contributed by atoms with Crippen molar-refractivity contribution < 1.29 is 14.7 Å². The minimum atomic E-state index is -0.298. The maximum Gasteiger partial charge on any atom is 0.293 e. The largest absolute Gasteiger partial charge is 0.505 e. The Kier molecular flexibility index (Phi) is 6.06. The number of phenols is 1. The van der Waals surface area contributed by atoms with E-state index in [0.29, 0.717) is 27.9 Å². The average Bonchev–Trinajstić information content (AvgIpc) is 2.88. The highest BCUT2D eigenvalue weighted by Gasteiger charge is 2.34. The number of carbonyl (C=O) groups is 2. The molecule has 0 aromatic heterocycles. The van der Waals surface area contributed by atoms with Gasteiger partial charge in [0.05, 0.1) is 14.4 Å². The van der Waals surface area contributed by atoms with Crippen molar-refractivity contribution in [2.75, 3.05) is 6.54 Å². The van der Waals surface area contributed by atoms with E-state index in [0.717, 1.165) is 18.2 Å². The van der Waals surface area contributed by atoms with E-state index in [1.807, 2.05) is 30.3 Å². The van der Waals surface area contributed by atoms with Gasteiger partial charge >= 0.3 is 0 Å². The fourth-order valence-corrected chi connectivity index (χ4v) is 4.28. The smallest absolute Gasteiger partial charge is 0.293 e. The lowest BCUT2D eigenvalue weighted by Crippen LogP contribution is -2.29. The number of carbonyl (C=O) groups excluding carboxylic acids is 2. The van der Waals surface area contributed by atoms with Crippen LogP contribution in [0.2, 0.25) is 5.02 Å². The molecule has 0 spiro atoms. The number of hydrogen-bond acceptors (Lipinski definition) is 4. The van der Waals surface area contributed by atoms with Crippen molar-refractivity contribution in [1.82, 2.24) is 4.90 Å². The fraction of sp³-hybridized carbons (Fsp3) is 0.158. The molecule has 3 rings (SSSR count). The van der Waals surface area contributed by atoms with Gasteiger partial charge in [-0.1, -0.05) is 41.9 Å². The van der Waals surface area contributed by atoms with Crippen LogP contribution in [0.5, 0.6) is 5.75 Å². The van der Waals surface area contributed by atoms with E-state index < -0.39 is 0 Å². The number of hydrogen-bond donors (Lipinski definition) is 1. The Labute approximate surface area is 169 Å². The Balaban J connectivity index is 1.68. The van der Waals surface area contributed by atoms with Crippen LogP contribution in [0.15, 0.2) is 51.8 Å². The molecule has 0 aliphatic carbocycles. The van der Waals surface area contributed by atoms with Crippen molar-refractivity contribution in [1.29, 1.82) is 0 Å². The number of phenolic OH excluding ortho intramolecular Hbond substituents is 1. The summed E-state index contributed by atoms with van der Waals surface area (Å²) >= 11 is 10.1. The number of aryl methyl sites for hydroxylation is 1. The predicted octanol–water partition coefficient (Wildman–Crippen LogP) is 5.48. The summed E-state index contributed by atoms with van der Waals surface area (Å²) < 4.78 is 0.429. The molecule has 0 radical (unpaired) electrons. The molecule has 1 heterocycles. The molecule has 26 heavy (non-hydrogen) atoms. The monoisotopic (exact) mass is 451 g/mol. The zero-order chi connectivity index (χ0) is 18.7. The Bertz CT molecular complexity index is 863. The number of amides is 2. The zero-order valence-electron chi connectivity index (χ0n) is 13.6. The van der Waals surface area contributed by atoms with Gasteiger partial charge in [-0.3, -0.25) is 14.5 Å². The van der Waals surface area contributed by atoms with E-state index in [1.165, 1.54) is 10.5 Å². The van der Waals surface area contributed by atoms with E-state index in [-0.39, 0.29) is 21.9 Å². The van der Waals surface area contributed by atoms with E-state index in [9.17, 15) is 14.7 Å². The van der Waals surface area contributed by atoms with E-state index in [2.05, 4.69) is 15.9 Å². The van der Waals surface area contributed by atoms with Crippen LogP contribution in [0.1, 0.15) is 17.5 Å². The molecule has 0 saturated carbocycles. The molecule has 0 atom stereocenters. The van der Waals surface area contributed by atoms with Crippen molar-refractivity contribution in [2.24, 2.45) is 0 Å². The van der Waals surface area contributed by atoms with Gasteiger partial charge in [-0.15, -0.1) is 0 Å². The van der Waals surface area contributed by atoms with Crippen molar-refractivity contribution >= 4 is 56.5 Å². The second-order valence-corrected chi connectivity index (χ2v) is 8.01. The third-order valence-corrected chi connectivity index (χ3v) is 5.70. The van der Waals surface area contributed by atoms with Crippen molar-refractivity contribution in [3.8, 4) is 5.75 Å². The van der Waals surface area contributed by atoms with E-state index >= 15 is 0 Å². The highest BCUT2D eigenvalue weighted by atomic mass is 79.9. The van der Waals surface area contributed by atoms with Gasteiger partial charge in [0.15, 0.2) is 0 Å². The molecule has 7 heteroatoms. The molecule has 2 aromatic carbocycles. The topological polar surface area (TPSA) is 57.6 Å². The number of thioether (sulfide) groups is 1. The van der Waals surface area contributed by atoms with E-state index in [1.54, 1.807) is 18.2 Å². The first kappa shape index (κ1) is 19.0. The summed E-state index contributed by atoms with van der Waals surface area (Å²) in [4.78, 5) is 26.3. The zero-order valence-corrected chi connectivity index (χ0v) is 16.8. The molecule has 1 saturated heterocycles. The minimum absolute atomic E-state index is 0.0576. The molecule has 2 aromatic rings. The number of nitrogens with zero attached hydrogens (tertiary/aromatic N) is 1. The van der Waals surface area contributed by atoms with Crippen LogP contribution >= 0.6 is 39.3 Å². The molecule has 0 bridgehead atoms. The first-order valence-corrected chi connectivity index (χ1v) is 9.92. The molecule has 1 aliphatic rings. The molecule has 4 nitrogen and oxygen atoms in total. The second kappa shape index (κ2) is 8.29. The van der Waals surface area contributed by atoms with Crippen LogP contribution in [0.3, 0.4) is 0 Å². The highest BCUT2D eigenvalue weighted by Crippen LogP contribution is 2.36. The Morgan fingerprint density at radius 2 is 1.92 bits per heavy atom. The Hall–Kier alpha value is -1.76. The van der Waals surface area contributed by atoms with Crippen molar-refractivity contribution in [3.05, 3.63) is 68.0 Å². The molecule has 1 fully saturated rings. The van der Waals surface area contributed by atoms with Crippen LogP contribution in [-0.4, -0.2) is 27.7 Å². The SMILES string of the molecule is O=C1S/C(=C/c2cc(Cl)c(O)c(Br)c2)C(=O)N1CCCc1ccccc1. The summed E-state index contributed by atoms with van der Waals surface area (Å²) in [5.74, 6) is -0.355. The highest BCUT2D eigenvalue weighted by molar-refractivity contribution is 9.10. The standard InChI is InChI=1S/C19H15BrClNO3S/c20-14-9-13(10-15(21)17(14)23)11-16-18(24)22(19(25)26-16)8-4-7-12-5-2-1-3-6-12/h1-3,5-6,9-11,23H,4,7-8H2/b16-11+. The predicted molar refractivity (Wildman–Crippen MR) is 108 cm³/mol. The van der Waals surface area contributed by atoms with Crippen LogP contribution in [0.25, 0.3) is 6.08 Å². The summed E-state index contributed by atoms with van der Waals surface area (Å²) in [6.45, 7) is 0.386. The molecule has 0 unspecified atom stereocenters. The van der Waals surface area contributed by atoms with Gasteiger partial charge in [0.1, 0.15) is 5.75 Å². The Morgan fingerprint density at radius 3 is 2.62 bits per heavy atom. The van der Waals surface area contributed by atoms with Gasteiger partial charge in [0.25, 0.3) is 11.1 Å². The maximum atomic E-state index is 12.5. The first-order valence-electron chi connectivity index (χ1n) is 7.93. The first-order chi connectivity index (χ1) is 12.5. The number of imide groups is 1. The quantitative estimate of drug-likeness (QED) is 0.611. The van der Waals surface area contributed by atoms with Gasteiger partial charge in [-0.2, -0.15) is 0 Å². The minimum Gasteiger partial charge on any atom is -0.505 e. The molecular weight excluding hydrogens is 438 g/mol. The molecular formula is C19H15BrClNO3S. The van der Waals surface area contributed by atoms with Crippen LogP contribution < -0.4 is 0 Å². The third kappa shape index (κ3) is 4.31. The average molecular weight is 453 g/mol. The summed E-state index contributed by atoms with van der Waals surface area (Å²) in [5, 5.41) is 9.59. The summed E-state index contributed by atoms with van der Waals surface area (Å²) in [6, 6.07) is 13.1. The van der Waals surface area contributed by atoms with Crippen molar-refractivity contribution in [3.63, 3.8) is 0 Å². The van der Waals surface area contributed by atoms with E-state index in [4.69, 9.17) is 11.6 Å². The number of aromatic hydroxyl groups is 1. The molecule has 1 aliphatic heterocycles. The van der Waals surface area contributed by atoms with Gasteiger partial charge in [-0.25, -0.2) is 0 Å². The summed E-state index contributed by atoms with van der Waals surface area (Å²) in [7, 11) is 0. The van der Waals surface area contributed by atoms with Gasteiger partial charge < -0.3 is 5.11 Å². The molecule has 2 amide bonds. The van der Waals surface area contributed by atoms with Crippen molar-refractivity contribution in [2.45, 2.75) is 12.8 Å². The number of halogens is 2. The van der Waals surface area contributed by atoms with Gasteiger partial charge in [0.2, 0.25) is 0 Å². The molecule has 1 N–H and O–H groups in total. The normalized spacial score (nSPS) is 15.9. The fourth-order valence-electron chi connectivity index (χ4n) is 2.60. The summed E-state index contributed by atoms with van der Waals surface area (Å²) in [6.07, 6.45) is 3.13. The van der Waals surface area contributed by atoms with Gasteiger partial charge in [-0.05, 0) is 69.9 Å². The van der Waals surface area contributed by atoms with Crippen LogP contribution in [0.4, 0.5) is 4.79 Å². The lowest BCUT2D eigenvalue weighted by atomic mass is 10.1. The maximum absolute atomic E-state index is 12.5. The van der Waals surface area contributed by atoms with Gasteiger partial charge in [0, 0.05) is 6.54 Å². The Morgan fingerprint density at radius 1 is 1.19 bits per heavy atom. The molecule has 134 valence electrons. The number of benzene rings is 2. The lowest BCUT2D eigenvalue weighted by molar-refractivity contribution is -0.122. The van der Waals surface area contributed by atoms with Crippen LogP contribution in [0, 0.1) is 0 Å².